The number of benzene rings is 2. The standard InChI is InChI=1S/C19H16N2O4/c22-18-6-3-11-21(18)13-7-9-14(10-8-13)24-19(23)12-16-15-4-1-2-5-17(15)25-20-16/h1-2,4-5,7-10H,3,6,11-12H2. The van der Waals surface area contributed by atoms with Crippen LogP contribution < -0.4 is 9.64 Å². The highest BCUT2D eigenvalue weighted by Crippen LogP contribution is 2.24. The summed E-state index contributed by atoms with van der Waals surface area (Å²) < 4.78 is 10.5. The van der Waals surface area contributed by atoms with E-state index in [9.17, 15) is 9.59 Å². The van der Waals surface area contributed by atoms with E-state index < -0.39 is 5.97 Å². The maximum atomic E-state index is 12.1. The molecule has 0 N–H and O–H groups in total. The summed E-state index contributed by atoms with van der Waals surface area (Å²) in [6.07, 6.45) is 1.49. The van der Waals surface area contributed by atoms with Gasteiger partial charge in [0.15, 0.2) is 5.58 Å². The summed E-state index contributed by atoms with van der Waals surface area (Å²) in [5.41, 5.74) is 2.02. The van der Waals surface area contributed by atoms with E-state index >= 15 is 0 Å². The van der Waals surface area contributed by atoms with Crippen LogP contribution in [0, 0.1) is 0 Å². The first-order valence-corrected chi connectivity index (χ1v) is 8.15. The molecule has 6 heteroatoms. The molecule has 6 nitrogen and oxygen atoms in total. The SMILES string of the molecule is O=C(Cc1noc2ccccc12)Oc1ccc(N2CCCC2=O)cc1. The fourth-order valence-corrected chi connectivity index (χ4v) is 2.99. The van der Waals surface area contributed by atoms with Gasteiger partial charge in [-0.15, -0.1) is 0 Å². The van der Waals surface area contributed by atoms with Crippen LogP contribution in [0.5, 0.6) is 5.75 Å². The van der Waals surface area contributed by atoms with E-state index in [0.717, 1.165) is 24.0 Å². The molecule has 0 atom stereocenters. The number of carbonyl (C=O) groups excluding carboxylic acids is 2. The molecular weight excluding hydrogens is 320 g/mol. The van der Waals surface area contributed by atoms with Crippen molar-refractivity contribution < 1.29 is 18.8 Å². The summed E-state index contributed by atoms with van der Waals surface area (Å²) in [6.45, 7) is 0.733. The van der Waals surface area contributed by atoms with E-state index in [1.54, 1.807) is 35.2 Å². The zero-order valence-electron chi connectivity index (χ0n) is 13.5. The largest absolute Gasteiger partial charge is 0.426 e. The third kappa shape index (κ3) is 3.10. The van der Waals surface area contributed by atoms with Crippen molar-refractivity contribution in [2.45, 2.75) is 19.3 Å². The second-order valence-corrected chi connectivity index (χ2v) is 5.92. The second kappa shape index (κ2) is 6.39. The Hall–Kier alpha value is -3.15. The van der Waals surface area contributed by atoms with E-state index in [0.29, 0.717) is 23.4 Å². The average molecular weight is 336 g/mol. The third-order valence-electron chi connectivity index (χ3n) is 4.22. The number of aromatic nitrogens is 1. The number of hydrogen-bond donors (Lipinski definition) is 0. The molecule has 4 rings (SSSR count). The fraction of sp³-hybridized carbons (Fsp3) is 0.211. The van der Waals surface area contributed by atoms with Gasteiger partial charge in [0.25, 0.3) is 0 Å². The number of rotatable bonds is 4. The highest BCUT2D eigenvalue weighted by Gasteiger charge is 2.21. The van der Waals surface area contributed by atoms with Gasteiger partial charge in [-0.2, -0.15) is 0 Å². The number of fused-ring (bicyclic) bond motifs is 1. The Balaban J connectivity index is 1.43. The third-order valence-corrected chi connectivity index (χ3v) is 4.22. The van der Waals surface area contributed by atoms with Gasteiger partial charge in [0.2, 0.25) is 5.91 Å². The molecule has 1 saturated heterocycles. The summed E-state index contributed by atoms with van der Waals surface area (Å²) in [6, 6.07) is 14.3. The molecule has 2 heterocycles. The molecule has 0 aliphatic carbocycles. The Bertz CT molecular complexity index is 930. The number of para-hydroxylation sites is 1. The molecule has 0 radical (unpaired) electrons. The molecule has 126 valence electrons. The topological polar surface area (TPSA) is 72.6 Å². The second-order valence-electron chi connectivity index (χ2n) is 5.92. The molecular formula is C19H16N2O4. The van der Waals surface area contributed by atoms with Gasteiger partial charge in [-0.05, 0) is 42.8 Å². The Morgan fingerprint density at radius 1 is 1.16 bits per heavy atom. The Morgan fingerprint density at radius 2 is 1.96 bits per heavy atom. The van der Waals surface area contributed by atoms with E-state index in [1.807, 2.05) is 18.2 Å². The van der Waals surface area contributed by atoms with Gasteiger partial charge in [-0.3, -0.25) is 9.59 Å². The Morgan fingerprint density at radius 3 is 2.72 bits per heavy atom. The molecule has 25 heavy (non-hydrogen) atoms. The maximum Gasteiger partial charge on any atom is 0.317 e. The molecule has 1 fully saturated rings. The van der Waals surface area contributed by atoms with Crippen molar-refractivity contribution in [3.05, 3.63) is 54.2 Å². The molecule has 3 aromatic rings. The van der Waals surface area contributed by atoms with Crippen LogP contribution in [0.25, 0.3) is 11.0 Å². The van der Waals surface area contributed by atoms with Crippen LogP contribution in [0.4, 0.5) is 5.69 Å². The minimum atomic E-state index is -0.413. The van der Waals surface area contributed by atoms with Crippen LogP contribution in [-0.4, -0.2) is 23.6 Å². The van der Waals surface area contributed by atoms with E-state index in [4.69, 9.17) is 9.26 Å². The lowest BCUT2D eigenvalue weighted by Gasteiger charge is -2.15. The molecule has 0 unspecified atom stereocenters. The number of anilines is 1. The van der Waals surface area contributed by atoms with Crippen LogP contribution in [-0.2, 0) is 16.0 Å². The van der Waals surface area contributed by atoms with Gasteiger partial charge in [0.1, 0.15) is 11.4 Å². The molecule has 2 aromatic carbocycles. The van der Waals surface area contributed by atoms with Gasteiger partial charge in [-0.25, -0.2) is 0 Å². The van der Waals surface area contributed by atoms with E-state index in [2.05, 4.69) is 5.16 Å². The first kappa shape index (κ1) is 15.4. The zero-order valence-corrected chi connectivity index (χ0v) is 13.5. The molecule has 1 aromatic heterocycles. The van der Waals surface area contributed by atoms with Crippen molar-refractivity contribution in [1.29, 1.82) is 0 Å². The highest BCUT2D eigenvalue weighted by atomic mass is 16.5. The van der Waals surface area contributed by atoms with Gasteiger partial charge in [0, 0.05) is 24.0 Å². The summed E-state index contributed by atoms with van der Waals surface area (Å²) in [5, 5.41) is 4.74. The summed E-state index contributed by atoms with van der Waals surface area (Å²) in [4.78, 5) is 25.6. The molecule has 1 aliphatic rings. The summed E-state index contributed by atoms with van der Waals surface area (Å²) in [5.74, 6) is 0.153. The van der Waals surface area contributed by atoms with E-state index in [1.165, 1.54) is 0 Å². The highest BCUT2D eigenvalue weighted by molar-refractivity contribution is 5.95. The van der Waals surface area contributed by atoms with Crippen molar-refractivity contribution in [3.8, 4) is 5.75 Å². The summed E-state index contributed by atoms with van der Waals surface area (Å²) in [7, 11) is 0. The number of nitrogens with zero attached hydrogens (tertiary/aromatic N) is 2. The van der Waals surface area contributed by atoms with Crippen molar-refractivity contribution in [1.82, 2.24) is 5.16 Å². The molecule has 1 aliphatic heterocycles. The van der Waals surface area contributed by atoms with Gasteiger partial charge in [-0.1, -0.05) is 17.3 Å². The number of hydrogen-bond acceptors (Lipinski definition) is 5. The predicted octanol–water partition coefficient (Wildman–Crippen LogP) is 3.10. The lowest BCUT2D eigenvalue weighted by atomic mass is 10.2. The summed E-state index contributed by atoms with van der Waals surface area (Å²) >= 11 is 0. The van der Waals surface area contributed by atoms with Crippen LogP contribution in [0.2, 0.25) is 0 Å². The van der Waals surface area contributed by atoms with Crippen LogP contribution in [0.15, 0.2) is 53.1 Å². The first-order chi connectivity index (χ1) is 12.2. The van der Waals surface area contributed by atoms with Crippen molar-refractivity contribution in [2.75, 3.05) is 11.4 Å². The van der Waals surface area contributed by atoms with Crippen molar-refractivity contribution in [2.24, 2.45) is 0 Å². The minimum absolute atomic E-state index is 0.0311. The quantitative estimate of drug-likeness (QED) is 0.541. The number of amides is 1. The average Bonchev–Trinajstić information content (AvgIpc) is 3.22. The number of carbonyl (C=O) groups is 2. The number of esters is 1. The normalized spacial score (nSPS) is 14.2. The number of ether oxygens (including phenoxy) is 1. The molecule has 1 amide bonds. The molecule has 0 bridgehead atoms. The molecule has 0 spiro atoms. The first-order valence-electron chi connectivity index (χ1n) is 8.15. The van der Waals surface area contributed by atoms with Gasteiger partial charge >= 0.3 is 5.97 Å². The lowest BCUT2D eigenvalue weighted by molar-refractivity contribution is -0.133. The minimum Gasteiger partial charge on any atom is -0.426 e. The van der Waals surface area contributed by atoms with Crippen molar-refractivity contribution in [3.63, 3.8) is 0 Å². The lowest BCUT2D eigenvalue weighted by Crippen LogP contribution is -2.23. The smallest absolute Gasteiger partial charge is 0.317 e. The van der Waals surface area contributed by atoms with E-state index in [-0.39, 0.29) is 12.3 Å². The molecule has 0 saturated carbocycles. The van der Waals surface area contributed by atoms with Gasteiger partial charge in [0.05, 0.1) is 6.42 Å². The zero-order chi connectivity index (χ0) is 17.2. The van der Waals surface area contributed by atoms with Gasteiger partial charge < -0.3 is 14.2 Å². The Labute approximate surface area is 144 Å². The van der Waals surface area contributed by atoms with Crippen molar-refractivity contribution >= 4 is 28.5 Å². The monoisotopic (exact) mass is 336 g/mol. The maximum absolute atomic E-state index is 12.1. The van der Waals surface area contributed by atoms with Crippen LogP contribution in [0.1, 0.15) is 18.5 Å². The van der Waals surface area contributed by atoms with Crippen LogP contribution >= 0.6 is 0 Å². The fourth-order valence-electron chi connectivity index (χ4n) is 2.99. The Kier molecular flexibility index (Phi) is 3.93. The predicted molar refractivity (Wildman–Crippen MR) is 91.4 cm³/mol. The van der Waals surface area contributed by atoms with Crippen LogP contribution in [0.3, 0.4) is 0 Å².